The van der Waals surface area contributed by atoms with Gasteiger partial charge in [-0.15, -0.1) is 0 Å². The smallest absolute Gasteiger partial charge is 0.244 e. The molecular weight excluding hydrogens is 254 g/mol. The van der Waals surface area contributed by atoms with Crippen molar-refractivity contribution in [3.05, 3.63) is 29.8 Å². The summed E-state index contributed by atoms with van der Waals surface area (Å²) in [5.74, 6) is 1.24. The maximum absolute atomic E-state index is 11.7. The van der Waals surface area contributed by atoms with Crippen LogP contribution in [0.25, 0.3) is 6.08 Å². The number of hydrogen-bond donors (Lipinski definition) is 1. The molecule has 1 amide bonds. The molecule has 0 aromatic heterocycles. The molecule has 0 radical (unpaired) electrons. The highest BCUT2D eigenvalue weighted by Gasteiger charge is 2.11. The summed E-state index contributed by atoms with van der Waals surface area (Å²) in [5, 5.41) is 2.87. The highest BCUT2D eigenvalue weighted by Crippen LogP contribution is 2.28. The normalized spacial score (nSPS) is 11.4. The predicted octanol–water partition coefficient (Wildman–Crippen LogP) is 3.02. The summed E-state index contributed by atoms with van der Waals surface area (Å²) in [6.45, 7) is 8.31. The second-order valence-electron chi connectivity index (χ2n) is 5.42. The summed E-state index contributed by atoms with van der Waals surface area (Å²) in [7, 11) is 1.60. The lowest BCUT2D eigenvalue weighted by atomic mass is 10.1. The van der Waals surface area contributed by atoms with E-state index in [4.69, 9.17) is 9.47 Å². The minimum Gasteiger partial charge on any atom is -0.493 e. The number of ether oxygens (including phenoxy) is 2. The monoisotopic (exact) mass is 277 g/mol. The molecule has 0 bridgehead atoms. The number of rotatable bonds is 5. The van der Waals surface area contributed by atoms with Crippen LogP contribution in [0.4, 0.5) is 0 Å². The third-order valence-electron chi connectivity index (χ3n) is 2.41. The maximum atomic E-state index is 11.7. The molecule has 4 heteroatoms. The van der Waals surface area contributed by atoms with Gasteiger partial charge in [0.2, 0.25) is 5.91 Å². The lowest BCUT2D eigenvalue weighted by Gasteiger charge is -2.19. The van der Waals surface area contributed by atoms with Crippen molar-refractivity contribution < 1.29 is 14.3 Å². The molecule has 110 valence electrons. The summed E-state index contributed by atoms with van der Waals surface area (Å²) >= 11 is 0. The fourth-order valence-electron chi connectivity index (χ4n) is 1.65. The van der Waals surface area contributed by atoms with Crippen LogP contribution in [0.3, 0.4) is 0 Å². The Hall–Kier alpha value is -1.97. The summed E-state index contributed by atoms with van der Waals surface area (Å²) in [6, 6.07) is 5.55. The third kappa shape index (κ3) is 5.34. The first-order valence-electron chi connectivity index (χ1n) is 6.67. The van der Waals surface area contributed by atoms with E-state index in [1.165, 1.54) is 6.08 Å². The summed E-state index contributed by atoms with van der Waals surface area (Å²) < 4.78 is 10.7. The van der Waals surface area contributed by atoms with Crippen molar-refractivity contribution in [2.45, 2.75) is 33.2 Å². The summed E-state index contributed by atoms with van der Waals surface area (Å²) in [5.41, 5.74) is 0.649. The van der Waals surface area contributed by atoms with Crippen LogP contribution in [0.1, 0.15) is 33.3 Å². The van der Waals surface area contributed by atoms with Crippen LogP contribution in [0.5, 0.6) is 11.5 Å². The molecular formula is C16H23NO3. The Kier molecular flexibility index (Phi) is 5.62. The molecule has 0 fully saturated rings. The third-order valence-corrected chi connectivity index (χ3v) is 2.41. The number of benzene rings is 1. The molecule has 1 aromatic carbocycles. The molecule has 0 aliphatic heterocycles. The Labute approximate surface area is 120 Å². The van der Waals surface area contributed by atoms with Gasteiger partial charge in [-0.3, -0.25) is 4.79 Å². The Balaban J connectivity index is 2.82. The van der Waals surface area contributed by atoms with Crippen LogP contribution < -0.4 is 14.8 Å². The molecule has 0 spiro atoms. The Morgan fingerprint density at radius 1 is 1.30 bits per heavy atom. The molecule has 0 saturated heterocycles. The van der Waals surface area contributed by atoms with E-state index in [0.29, 0.717) is 18.1 Å². The first-order valence-corrected chi connectivity index (χ1v) is 6.67. The molecule has 0 aliphatic carbocycles. The molecule has 1 rings (SSSR count). The summed E-state index contributed by atoms with van der Waals surface area (Å²) in [6.07, 6.45) is 3.27. The molecule has 20 heavy (non-hydrogen) atoms. The first kappa shape index (κ1) is 16.1. The average Bonchev–Trinajstić information content (AvgIpc) is 2.35. The van der Waals surface area contributed by atoms with Crippen molar-refractivity contribution in [1.82, 2.24) is 5.32 Å². The van der Waals surface area contributed by atoms with E-state index in [0.717, 1.165) is 5.56 Å². The number of nitrogens with one attached hydrogen (secondary N) is 1. The zero-order valence-electron chi connectivity index (χ0n) is 12.8. The molecule has 0 aliphatic rings. The molecule has 0 heterocycles. The molecule has 0 atom stereocenters. The molecule has 4 nitrogen and oxygen atoms in total. The largest absolute Gasteiger partial charge is 0.493 e. The van der Waals surface area contributed by atoms with Gasteiger partial charge in [0, 0.05) is 11.6 Å². The zero-order chi connectivity index (χ0) is 15.2. The van der Waals surface area contributed by atoms with Crippen LogP contribution in [0.15, 0.2) is 24.3 Å². The maximum Gasteiger partial charge on any atom is 0.244 e. The molecule has 1 N–H and O–H groups in total. The first-order chi connectivity index (χ1) is 9.35. The number of carbonyl (C=O) groups is 1. The van der Waals surface area contributed by atoms with E-state index in [9.17, 15) is 4.79 Å². The Bertz CT molecular complexity index is 487. The number of hydrogen-bond acceptors (Lipinski definition) is 3. The second-order valence-corrected chi connectivity index (χ2v) is 5.42. The zero-order valence-corrected chi connectivity index (χ0v) is 12.8. The van der Waals surface area contributed by atoms with Crippen LogP contribution in [0, 0.1) is 0 Å². The minimum absolute atomic E-state index is 0.119. The van der Waals surface area contributed by atoms with E-state index in [1.807, 2.05) is 45.9 Å². The highest BCUT2D eigenvalue weighted by molar-refractivity contribution is 5.92. The van der Waals surface area contributed by atoms with Crippen LogP contribution in [-0.4, -0.2) is 25.2 Å². The molecule has 0 saturated carbocycles. The SMILES string of the molecule is CCOc1cc(/C=C/C(=O)NC(C)(C)C)ccc1OC. The van der Waals surface area contributed by atoms with Crippen molar-refractivity contribution in [2.75, 3.05) is 13.7 Å². The predicted molar refractivity (Wildman–Crippen MR) is 81.1 cm³/mol. The van der Waals surface area contributed by atoms with E-state index >= 15 is 0 Å². The number of methoxy groups -OCH3 is 1. The summed E-state index contributed by atoms with van der Waals surface area (Å²) in [4.78, 5) is 11.7. The van der Waals surface area contributed by atoms with Gasteiger partial charge < -0.3 is 14.8 Å². The van der Waals surface area contributed by atoms with Gasteiger partial charge in [0.1, 0.15) is 0 Å². The van der Waals surface area contributed by atoms with Crippen molar-refractivity contribution in [3.8, 4) is 11.5 Å². The van der Waals surface area contributed by atoms with E-state index in [1.54, 1.807) is 13.2 Å². The van der Waals surface area contributed by atoms with Crippen molar-refractivity contribution in [3.63, 3.8) is 0 Å². The topological polar surface area (TPSA) is 47.6 Å². The van der Waals surface area contributed by atoms with Gasteiger partial charge in [0.25, 0.3) is 0 Å². The van der Waals surface area contributed by atoms with Crippen molar-refractivity contribution in [2.24, 2.45) is 0 Å². The fraction of sp³-hybridized carbons (Fsp3) is 0.438. The van der Waals surface area contributed by atoms with Gasteiger partial charge in [-0.1, -0.05) is 6.07 Å². The van der Waals surface area contributed by atoms with Gasteiger partial charge in [-0.25, -0.2) is 0 Å². The number of carbonyl (C=O) groups excluding carboxylic acids is 1. The van der Waals surface area contributed by atoms with Crippen LogP contribution >= 0.6 is 0 Å². The van der Waals surface area contributed by atoms with Crippen molar-refractivity contribution >= 4 is 12.0 Å². The fourth-order valence-corrected chi connectivity index (χ4v) is 1.65. The molecule has 0 unspecified atom stereocenters. The lowest BCUT2D eigenvalue weighted by molar-refractivity contribution is -0.117. The quantitative estimate of drug-likeness (QED) is 0.842. The standard InChI is InChI=1S/C16H23NO3/c1-6-20-14-11-12(7-9-13(14)19-5)8-10-15(18)17-16(2,3)4/h7-11H,6H2,1-5H3,(H,17,18)/b10-8+. The Morgan fingerprint density at radius 3 is 2.55 bits per heavy atom. The lowest BCUT2D eigenvalue weighted by Crippen LogP contribution is -2.39. The van der Waals surface area contributed by atoms with E-state index in [-0.39, 0.29) is 11.4 Å². The number of amides is 1. The van der Waals surface area contributed by atoms with Gasteiger partial charge in [0.05, 0.1) is 13.7 Å². The van der Waals surface area contributed by atoms with Crippen molar-refractivity contribution in [1.29, 1.82) is 0 Å². The van der Waals surface area contributed by atoms with Crippen LogP contribution in [0.2, 0.25) is 0 Å². The average molecular weight is 277 g/mol. The van der Waals surface area contributed by atoms with Gasteiger partial charge in [0.15, 0.2) is 11.5 Å². The van der Waals surface area contributed by atoms with E-state index in [2.05, 4.69) is 5.32 Å². The highest BCUT2D eigenvalue weighted by atomic mass is 16.5. The second kappa shape index (κ2) is 6.98. The van der Waals surface area contributed by atoms with Crippen LogP contribution in [-0.2, 0) is 4.79 Å². The molecule has 1 aromatic rings. The van der Waals surface area contributed by atoms with Gasteiger partial charge in [-0.2, -0.15) is 0 Å². The minimum atomic E-state index is -0.238. The van der Waals surface area contributed by atoms with Gasteiger partial charge >= 0.3 is 0 Å². The van der Waals surface area contributed by atoms with E-state index < -0.39 is 0 Å². The Morgan fingerprint density at radius 2 is 2.00 bits per heavy atom. The van der Waals surface area contributed by atoms with Gasteiger partial charge in [-0.05, 0) is 51.5 Å².